The Hall–Kier alpha value is -0.780. The van der Waals surface area contributed by atoms with Gasteiger partial charge in [0.05, 0.1) is 29.7 Å². The van der Waals surface area contributed by atoms with Gasteiger partial charge >= 0.3 is 5.97 Å². The Morgan fingerprint density at radius 3 is 2.88 bits per heavy atom. The second-order valence-electron chi connectivity index (χ2n) is 3.72. The van der Waals surface area contributed by atoms with Crippen LogP contribution in [0.5, 0.6) is 0 Å². The minimum absolute atomic E-state index is 0.228. The van der Waals surface area contributed by atoms with Gasteiger partial charge in [-0.15, -0.1) is 11.3 Å². The van der Waals surface area contributed by atoms with Crippen LogP contribution in [-0.2, 0) is 14.3 Å². The zero-order valence-electron chi connectivity index (χ0n) is 8.79. The van der Waals surface area contributed by atoms with Gasteiger partial charge in [-0.05, 0) is 12.1 Å². The lowest BCUT2D eigenvalue weighted by Crippen LogP contribution is -2.54. The van der Waals surface area contributed by atoms with Gasteiger partial charge in [0, 0.05) is 6.54 Å². The van der Waals surface area contributed by atoms with Crippen molar-refractivity contribution in [2.45, 2.75) is 0 Å². The Labute approximate surface area is 102 Å². The topological polar surface area (TPSA) is 47.6 Å². The summed E-state index contributed by atoms with van der Waals surface area (Å²) in [5, 5.41) is 4.12. The lowest BCUT2D eigenvalue weighted by Gasteiger charge is -2.38. The van der Waals surface area contributed by atoms with Crippen molar-refractivity contribution in [1.29, 1.82) is 0 Å². The van der Waals surface area contributed by atoms with E-state index in [1.54, 1.807) is 0 Å². The molecule has 2 rings (SSSR count). The van der Waals surface area contributed by atoms with E-state index in [4.69, 9.17) is 21.1 Å². The summed E-state index contributed by atoms with van der Waals surface area (Å²) in [5.41, 5.74) is -0.536. The molecule has 0 saturated carbocycles. The van der Waals surface area contributed by atoms with Crippen molar-refractivity contribution < 1.29 is 14.3 Å². The first kappa shape index (κ1) is 11.7. The van der Waals surface area contributed by atoms with E-state index in [1.807, 2.05) is 12.1 Å². The molecule has 1 aliphatic heterocycles. The van der Waals surface area contributed by atoms with Crippen molar-refractivity contribution in [1.82, 2.24) is 0 Å². The first-order valence-electron chi connectivity index (χ1n) is 4.82. The van der Waals surface area contributed by atoms with Crippen LogP contribution >= 0.6 is 22.9 Å². The minimum atomic E-state index is -0.536. The van der Waals surface area contributed by atoms with Crippen molar-refractivity contribution in [2.24, 2.45) is 5.41 Å². The third-order valence-corrected chi connectivity index (χ3v) is 3.74. The van der Waals surface area contributed by atoms with Crippen molar-refractivity contribution >= 4 is 33.9 Å². The lowest BCUT2D eigenvalue weighted by molar-refractivity contribution is -0.180. The summed E-state index contributed by atoms with van der Waals surface area (Å²) >= 11 is 7.25. The van der Waals surface area contributed by atoms with Crippen LogP contribution in [-0.4, -0.2) is 32.8 Å². The van der Waals surface area contributed by atoms with E-state index in [-0.39, 0.29) is 5.97 Å². The molecule has 0 aromatic carbocycles. The molecule has 1 saturated heterocycles. The van der Waals surface area contributed by atoms with Crippen molar-refractivity contribution in [2.75, 3.05) is 32.2 Å². The van der Waals surface area contributed by atoms with Crippen molar-refractivity contribution in [3.05, 3.63) is 16.5 Å². The number of nitrogens with one attached hydrogen (secondary N) is 1. The highest BCUT2D eigenvalue weighted by atomic mass is 35.5. The summed E-state index contributed by atoms with van der Waals surface area (Å²) in [4.78, 5) is 11.6. The van der Waals surface area contributed by atoms with E-state index in [0.717, 1.165) is 9.34 Å². The van der Waals surface area contributed by atoms with E-state index < -0.39 is 5.41 Å². The van der Waals surface area contributed by atoms with E-state index >= 15 is 0 Å². The molecule has 88 valence electrons. The molecule has 2 heterocycles. The zero-order chi connectivity index (χ0) is 11.6. The molecule has 1 aliphatic rings. The highest BCUT2D eigenvalue weighted by Crippen LogP contribution is 2.32. The molecule has 0 radical (unpaired) electrons. The second-order valence-corrected chi connectivity index (χ2v) is 5.44. The maximum Gasteiger partial charge on any atom is 0.318 e. The number of halogens is 1. The molecule has 1 fully saturated rings. The predicted octanol–water partition coefficient (Wildman–Crippen LogP) is 2.00. The van der Waals surface area contributed by atoms with E-state index in [2.05, 4.69) is 5.32 Å². The fraction of sp³-hybridized carbons (Fsp3) is 0.500. The van der Waals surface area contributed by atoms with Crippen LogP contribution in [0.1, 0.15) is 0 Å². The number of methoxy groups -OCH3 is 1. The van der Waals surface area contributed by atoms with Gasteiger partial charge in [0.25, 0.3) is 0 Å². The maximum absolute atomic E-state index is 11.6. The first-order valence-corrected chi connectivity index (χ1v) is 6.01. The van der Waals surface area contributed by atoms with Crippen LogP contribution < -0.4 is 5.32 Å². The fourth-order valence-electron chi connectivity index (χ4n) is 1.52. The number of carbonyl (C=O) groups excluding carboxylic acids is 1. The molecule has 0 aliphatic carbocycles. The summed E-state index contributed by atoms with van der Waals surface area (Å²) in [5.74, 6) is -0.228. The summed E-state index contributed by atoms with van der Waals surface area (Å²) in [6.45, 7) is 1.33. The fourth-order valence-corrected chi connectivity index (χ4v) is 2.46. The Balaban J connectivity index is 1.95. The smallest absolute Gasteiger partial charge is 0.318 e. The van der Waals surface area contributed by atoms with Crippen LogP contribution in [0.2, 0.25) is 4.34 Å². The van der Waals surface area contributed by atoms with E-state index in [0.29, 0.717) is 19.8 Å². The quantitative estimate of drug-likeness (QED) is 0.843. The molecule has 6 heteroatoms. The molecule has 4 nitrogen and oxygen atoms in total. The number of ether oxygens (including phenoxy) is 2. The number of carbonyl (C=O) groups is 1. The van der Waals surface area contributed by atoms with Crippen LogP contribution in [0.3, 0.4) is 0 Å². The second kappa shape index (κ2) is 4.61. The first-order chi connectivity index (χ1) is 7.66. The predicted molar refractivity (Wildman–Crippen MR) is 63.1 cm³/mol. The van der Waals surface area contributed by atoms with Gasteiger partial charge < -0.3 is 14.8 Å². The highest BCUT2D eigenvalue weighted by molar-refractivity contribution is 7.19. The average molecular weight is 262 g/mol. The summed E-state index contributed by atoms with van der Waals surface area (Å²) in [6.07, 6.45) is 0. The average Bonchev–Trinajstić information content (AvgIpc) is 2.62. The number of esters is 1. The number of thiophene rings is 1. The molecule has 1 aromatic rings. The van der Waals surface area contributed by atoms with Gasteiger partial charge in [-0.3, -0.25) is 4.79 Å². The molecular weight excluding hydrogens is 250 g/mol. The Morgan fingerprint density at radius 1 is 1.69 bits per heavy atom. The van der Waals surface area contributed by atoms with Gasteiger partial charge in [0.15, 0.2) is 0 Å². The molecule has 0 spiro atoms. The molecule has 1 N–H and O–H groups in total. The molecular formula is C10H12ClNO3S. The zero-order valence-corrected chi connectivity index (χ0v) is 10.4. The van der Waals surface area contributed by atoms with E-state index in [9.17, 15) is 4.79 Å². The molecule has 1 aromatic heterocycles. The molecule has 0 bridgehead atoms. The lowest BCUT2D eigenvalue weighted by atomic mass is 9.86. The van der Waals surface area contributed by atoms with Crippen LogP contribution in [0.4, 0.5) is 5.00 Å². The molecule has 0 atom stereocenters. The Bertz CT molecular complexity index is 389. The van der Waals surface area contributed by atoms with E-state index in [1.165, 1.54) is 18.4 Å². The van der Waals surface area contributed by atoms with Crippen LogP contribution in [0, 0.1) is 5.41 Å². The third-order valence-electron chi connectivity index (χ3n) is 2.55. The number of anilines is 1. The van der Waals surface area contributed by atoms with Crippen molar-refractivity contribution in [3.63, 3.8) is 0 Å². The van der Waals surface area contributed by atoms with Crippen LogP contribution in [0.15, 0.2) is 12.1 Å². The number of rotatable bonds is 4. The Morgan fingerprint density at radius 2 is 2.44 bits per heavy atom. The van der Waals surface area contributed by atoms with Gasteiger partial charge in [-0.1, -0.05) is 11.6 Å². The molecule has 16 heavy (non-hydrogen) atoms. The summed E-state index contributed by atoms with van der Waals surface area (Å²) in [6, 6.07) is 3.70. The molecule has 0 amide bonds. The third kappa shape index (κ3) is 2.16. The van der Waals surface area contributed by atoms with Gasteiger partial charge in [0.2, 0.25) is 0 Å². The minimum Gasteiger partial charge on any atom is -0.468 e. The van der Waals surface area contributed by atoms with Gasteiger partial charge in [0.1, 0.15) is 5.41 Å². The largest absolute Gasteiger partial charge is 0.468 e. The summed E-state index contributed by atoms with van der Waals surface area (Å²) < 4.78 is 10.6. The van der Waals surface area contributed by atoms with Crippen LogP contribution in [0.25, 0.3) is 0 Å². The Kier molecular flexibility index (Phi) is 3.37. The van der Waals surface area contributed by atoms with Gasteiger partial charge in [-0.2, -0.15) is 0 Å². The maximum atomic E-state index is 11.6. The number of hydrogen-bond acceptors (Lipinski definition) is 5. The standard InChI is InChI=1S/C10H12ClNO3S/c1-14-9(13)10(5-15-6-10)4-12-8-3-2-7(11)16-8/h2-3,12H,4-6H2,1H3. The monoisotopic (exact) mass is 261 g/mol. The summed E-state index contributed by atoms with van der Waals surface area (Å²) in [7, 11) is 1.39. The number of hydrogen-bond donors (Lipinski definition) is 1. The highest BCUT2D eigenvalue weighted by Gasteiger charge is 2.47. The normalized spacial score (nSPS) is 17.6. The molecule has 0 unspecified atom stereocenters. The van der Waals surface area contributed by atoms with Crippen molar-refractivity contribution in [3.8, 4) is 0 Å². The SMILES string of the molecule is COC(=O)C1(CNc2ccc(Cl)s2)COC1. The van der Waals surface area contributed by atoms with Gasteiger partial charge in [-0.25, -0.2) is 0 Å².